The average Bonchev–Trinajstić information content (AvgIpc) is 3.50. The summed E-state index contributed by atoms with van der Waals surface area (Å²) < 4.78 is 25.2. The monoisotopic (exact) mass is 680 g/mol. The van der Waals surface area contributed by atoms with Crippen LogP contribution in [0.3, 0.4) is 0 Å². The number of rotatable bonds is 4. The number of esters is 2. The summed E-state index contributed by atoms with van der Waals surface area (Å²) >= 11 is 0. The fourth-order valence-corrected chi connectivity index (χ4v) is 11.2. The van der Waals surface area contributed by atoms with Crippen LogP contribution in [0.2, 0.25) is 0 Å². The Balaban J connectivity index is 1.15. The van der Waals surface area contributed by atoms with Gasteiger partial charge in [0.25, 0.3) is 0 Å². The molecule has 0 amide bonds. The molecule has 4 aliphatic carbocycles. The van der Waals surface area contributed by atoms with Gasteiger partial charge < -0.3 is 39.4 Å². The molecule has 4 aliphatic heterocycles. The van der Waals surface area contributed by atoms with Crippen molar-refractivity contribution < 1.29 is 53.8 Å². The molecule has 11 nitrogen and oxygen atoms in total. The van der Waals surface area contributed by atoms with Crippen molar-refractivity contribution in [1.29, 1.82) is 0 Å². The average molecular weight is 681 g/mol. The van der Waals surface area contributed by atoms with Crippen molar-refractivity contribution >= 4 is 17.7 Å². The molecule has 0 aromatic carbocycles. The third-order valence-electron chi connectivity index (χ3n) is 15.0. The van der Waals surface area contributed by atoms with E-state index < -0.39 is 82.1 Å². The highest BCUT2D eigenvalue weighted by molar-refractivity contribution is 6.07. The molecule has 266 valence electrons. The number of aliphatic hydroxyl groups is 4. The molecule has 2 saturated heterocycles. The first-order valence-electron chi connectivity index (χ1n) is 17.8. The number of carbonyl (C=O) groups excluding carboxylic acids is 3. The highest BCUT2D eigenvalue weighted by Crippen LogP contribution is 2.72. The molecular formula is C38H48O11. The largest absolute Gasteiger partial charge is 0.487 e. The van der Waals surface area contributed by atoms with Crippen LogP contribution < -0.4 is 0 Å². The Hall–Kier alpha value is -2.83. The molecular weight excluding hydrogens is 632 g/mol. The normalized spacial score (nSPS) is 51.1. The number of aliphatic hydroxyl groups excluding tert-OH is 3. The van der Waals surface area contributed by atoms with Gasteiger partial charge in [0.15, 0.2) is 11.4 Å². The van der Waals surface area contributed by atoms with E-state index in [4.69, 9.17) is 18.9 Å². The Morgan fingerprint density at radius 1 is 1.06 bits per heavy atom. The molecule has 0 radical (unpaired) electrons. The lowest BCUT2D eigenvalue weighted by Crippen LogP contribution is -2.73. The summed E-state index contributed by atoms with van der Waals surface area (Å²) in [5.74, 6) is -1.72. The van der Waals surface area contributed by atoms with Crippen LogP contribution in [0.15, 0.2) is 46.3 Å². The number of fused-ring (bicyclic) bond motifs is 2. The van der Waals surface area contributed by atoms with Gasteiger partial charge in [0.1, 0.15) is 34.9 Å². The lowest BCUT2D eigenvalue weighted by molar-refractivity contribution is -0.263. The lowest BCUT2D eigenvalue weighted by Gasteiger charge is -2.63. The fourth-order valence-electron chi connectivity index (χ4n) is 11.2. The van der Waals surface area contributed by atoms with Gasteiger partial charge in [-0.15, -0.1) is 0 Å². The number of allylic oxidation sites excluding steroid dienone is 2. The van der Waals surface area contributed by atoms with Gasteiger partial charge in [0.2, 0.25) is 0 Å². The number of ketones is 1. The molecule has 2 unspecified atom stereocenters. The van der Waals surface area contributed by atoms with Crippen LogP contribution in [-0.4, -0.2) is 92.1 Å². The van der Waals surface area contributed by atoms with Crippen LogP contribution in [0.4, 0.5) is 0 Å². The SMILES string of the molecule is CC1=C2[C@@H](OC(=O)C3=COC(C)(C4=C[C@@]5(C)C(=CC4=O)[C@H](O)CC[C@@H]5C)C(O)C3)[C@]3(C)[C@@H](C)CC[C@@H]4OC(=O)[C@]5(CO)C[C@H]1O[C@]25C[C@@]43O. The molecule has 4 heterocycles. The molecule has 3 saturated carbocycles. The van der Waals surface area contributed by atoms with Crippen molar-refractivity contribution in [3.8, 4) is 0 Å². The van der Waals surface area contributed by atoms with Crippen molar-refractivity contribution in [3.63, 3.8) is 0 Å². The van der Waals surface area contributed by atoms with Gasteiger partial charge in [-0.25, -0.2) is 4.79 Å². The van der Waals surface area contributed by atoms with E-state index in [-0.39, 0.29) is 48.0 Å². The zero-order chi connectivity index (χ0) is 35.3. The molecule has 0 aromatic heterocycles. The maximum atomic E-state index is 14.2. The predicted molar refractivity (Wildman–Crippen MR) is 172 cm³/mol. The molecule has 4 N–H and O–H groups in total. The second-order valence-corrected chi connectivity index (χ2v) is 16.9. The summed E-state index contributed by atoms with van der Waals surface area (Å²) in [5, 5.41) is 45.8. The first kappa shape index (κ1) is 33.3. The molecule has 8 rings (SSSR count). The Bertz CT molecular complexity index is 1690. The Morgan fingerprint density at radius 2 is 1.78 bits per heavy atom. The van der Waals surface area contributed by atoms with Gasteiger partial charge in [-0.3, -0.25) is 9.59 Å². The van der Waals surface area contributed by atoms with Crippen LogP contribution in [-0.2, 0) is 33.3 Å². The van der Waals surface area contributed by atoms with Gasteiger partial charge in [-0.2, -0.15) is 0 Å². The molecule has 3 bridgehead atoms. The summed E-state index contributed by atoms with van der Waals surface area (Å²) in [6.07, 6.45) is 2.60. The minimum absolute atomic E-state index is 0.0335. The van der Waals surface area contributed by atoms with E-state index in [1.54, 1.807) is 6.92 Å². The van der Waals surface area contributed by atoms with E-state index >= 15 is 0 Å². The van der Waals surface area contributed by atoms with E-state index in [2.05, 4.69) is 6.92 Å². The van der Waals surface area contributed by atoms with E-state index in [0.29, 0.717) is 30.4 Å². The highest BCUT2D eigenvalue weighted by atomic mass is 16.6. The predicted octanol–water partition coefficient (Wildman–Crippen LogP) is 2.89. The Kier molecular flexibility index (Phi) is 6.90. The van der Waals surface area contributed by atoms with Crippen LogP contribution in [0.25, 0.3) is 0 Å². The van der Waals surface area contributed by atoms with Crippen LogP contribution in [0.5, 0.6) is 0 Å². The zero-order valence-corrected chi connectivity index (χ0v) is 29.1. The quantitative estimate of drug-likeness (QED) is 0.255. The number of ether oxygens (including phenoxy) is 4. The smallest absolute Gasteiger partial charge is 0.337 e. The summed E-state index contributed by atoms with van der Waals surface area (Å²) in [4.78, 5) is 41.5. The molecule has 1 spiro atoms. The van der Waals surface area contributed by atoms with Crippen LogP contribution in [0.1, 0.15) is 86.5 Å². The van der Waals surface area contributed by atoms with Crippen molar-refractivity contribution in [2.45, 2.75) is 134 Å². The summed E-state index contributed by atoms with van der Waals surface area (Å²) in [6, 6.07) is 0. The first-order chi connectivity index (χ1) is 22.9. The van der Waals surface area contributed by atoms with Gasteiger partial charge in [-0.05, 0) is 75.0 Å². The summed E-state index contributed by atoms with van der Waals surface area (Å²) in [5.41, 5.74) is -5.21. The van der Waals surface area contributed by atoms with Crippen molar-refractivity contribution in [2.75, 3.05) is 6.61 Å². The molecule has 13 atom stereocenters. The topological polar surface area (TPSA) is 169 Å². The third-order valence-corrected chi connectivity index (χ3v) is 15.0. The van der Waals surface area contributed by atoms with Crippen molar-refractivity contribution in [2.24, 2.45) is 28.1 Å². The number of carbonyl (C=O) groups is 3. The standard InChI is InChI=1S/C38H48O11/c1-18-7-9-24(40)22-12-25(41)23(13-33(18,22)4)35(6)27(42)11-21(15-46-35)31(43)48-30-29-20(3)26-14-36(17-39)32(44)47-28-10-8-19(2)34(30,5)37(28,45)16-38(29,36)49-26/h12-13,15,18-19,24,26-28,30,39-40,42,45H,7-11,14,16-17H2,1-6H3/t18-,19-,24+,26+,27?,28-,30+,33+,34-,35?,36+,37+,38+/m0/s1. The Morgan fingerprint density at radius 3 is 2.47 bits per heavy atom. The second-order valence-electron chi connectivity index (χ2n) is 16.9. The van der Waals surface area contributed by atoms with Crippen LogP contribution in [0, 0.1) is 28.1 Å². The summed E-state index contributed by atoms with van der Waals surface area (Å²) in [7, 11) is 0. The first-order valence-corrected chi connectivity index (χ1v) is 17.8. The van der Waals surface area contributed by atoms with Crippen molar-refractivity contribution in [1.82, 2.24) is 0 Å². The second kappa shape index (κ2) is 10.2. The molecule has 0 aromatic rings. The maximum Gasteiger partial charge on any atom is 0.337 e. The number of hydrogen-bond donors (Lipinski definition) is 4. The summed E-state index contributed by atoms with van der Waals surface area (Å²) in [6.45, 7) is 10.9. The minimum Gasteiger partial charge on any atom is -0.487 e. The Labute approximate surface area is 286 Å². The molecule has 49 heavy (non-hydrogen) atoms. The van der Waals surface area contributed by atoms with E-state index in [9.17, 15) is 34.8 Å². The minimum atomic E-state index is -1.62. The van der Waals surface area contributed by atoms with Gasteiger partial charge in [0.05, 0.1) is 30.6 Å². The van der Waals surface area contributed by atoms with Crippen LogP contribution >= 0.6 is 0 Å². The van der Waals surface area contributed by atoms with Crippen molar-refractivity contribution in [3.05, 3.63) is 46.3 Å². The van der Waals surface area contributed by atoms with Gasteiger partial charge >= 0.3 is 11.9 Å². The molecule has 8 aliphatic rings. The highest BCUT2D eigenvalue weighted by Gasteiger charge is 2.82. The van der Waals surface area contributed by atoms with Gasteiger partial charge in [-0.1, -0.05) is 33.8 Å². The van der Waals surface area contributed by atoms with Gasteiger partial charge in [0, 0.05) is 34.8 Å². The zero-order valence-electron chi connectivity index (χ0n) is 29.1. The number of hydrogen-bond acceptors (Lipinski definition) is 11. The van der Waals surface area contributed by atoms with E-state index in [1.165, 1.54) is 12.3 Å². The molecule has 11 heteroatoms. The lowest BCUT2D eigenvalue weighted by atomic mass is 9.44. The fraction of sp³-hybridized carbons (Fsp3) is 0.711. The van der Waals surface area contributed by atoms with E-state index in [1.807, 2.05) is 33.8 Å². The maximum absolute atomic E-state index is 14.2. The third kappa shape index (κ3) is 3.78. The van der Waals surface area contributed by atoms with E-state index in [0.717, 1.165) is 12.0 Å². The molecule has 5 fully saturated rings.